The maximum absolute atomic E-state index is 11.8. The fourth-order valence-corrected chi connectivity index (χ4v) is 4.83. The Morgan fingerprint density at radius 2 is 2.07 bits per heavy atom. The van der Waals surface area contributed by atoms with Gasteiger partial charge in [-0.2, -0.15) is 5.10 Å². The van der Waals surface area contributed by atoms with Gasteiger partial charge in [-0.05, 0) is 69.5 Å². The first kappa shape index (κ1) is 20.7. The van der Waals surface area contributed by atoms with E-state index >= 15 is 0 Å². The molecule has 1 aromatic carbocycles. The van der Waals surface area contributed by atoms with Gasteiger partial charge in [-0.1, -0.05) is 0 Å². The van der Waals surface area contributed by atoms with Crippen molar-refractivity contribution in [2.75, 3.05) is 26.8 Å². The second kappa shape index (κ2) is 8.68. The van der Waals surface area contributed by atoms with Gasteiger partial charge in [0.1, 0.15) is 12.4 Å². The second-order valence-corrected chi connectivity index (χ2v) is 8.74. The van der Waals surface area contributed by atoms with Gasteiger partial charge in [0.25, 0.3) is 0 Å². The number of aryl methyl sites for hydroxylation is 1. The van der Waals surface area contributed by atoms with E-state index in [2.05, 4.69) is 28.4 Å². The average molecular weight is 413 g/mol. The molecule has 4 unspecified atom stereocenters. The molecule has 3 saturated heterocycles. The number of nitrogens with one attached hydrogen (secondary N) is 1. The van der Waals surface area contributed by atoms with Crippen LogP contribution in [0.4, 0.5) is 4.79 Å². The van der Waals surface area contributed by atoms with Crippen molar-refractivity contribution in [2.24, 2.45) is 13.0 Å². The first-order valence-electron chi connectivity index (χ1n) is 10.8. The fraction of sp³-hybridized carbons (Fsp3) is 0.565. The number of piperidine rings is 3. The summed E-state index contributed by atoms with van der Waals surface area (Å²) in [6.45, 7) is 6.40. The minimum atomic E-state index is -0.319. The number of ether oxygens (including phenoxy) is 2. The quantitative estimate of drug-likeness (QED) is 0.788. The molecule has 5 rings (SSSR count). The average Bonchev–Trinajstić information content (AvgIpc) is 3.13. The number of aromatic nitrogens is 2. The number of carbonyl (C=O) groups is 1. The number of benzene rings is 1. The van der Waals surface area contributed by atoms with Crippen molar-refractivity contribution in [3.8, 4) is 17.0 Å². The summed E-state index contributed by atoms with van der Waals surface area (Å²) in [4.78, 5) is 14.3. The normalized spacial score (nSPS) is 25.4. The summed E-state index contributed by atoms with van der Waals surface area (Å²) in [5.41, 5.74) is 3.38. The van der Waals surface area contributed by atoms with Gasteiger partial charge >= 0.3 is 6.09 Å². The molecule has 3 aliphatic heterocycles. The van der Waals surface area contributed by atoms with Crippen molar-refractivity contribution in [3.63, 3.8) is 0 Å². The van der Waals surface area contributed by atoms with Gasteiger partial charge in [-0.3, -0.25) is 9.58 Å². The molecule has 2 aromatic rings. The van der Waals surface area contributed by atoms with Crippen LogP contribution in [-0.2, 0) is 11.8 Å². The molecule has 7 nitrogen and oxygen atoms in total. The zero-order valence-corrected chi connectivity index (χ0v) is 18.3. The number of carbonyl (C=O) groups excluding carboxylic acids is 1. The molecule has 1 amide bonds. The Labute approximate surface area is 178 Å². The van der Waals surface area contributed by atoms with Crippen LogP contribution in [0.3, 0.4) is 0 Å². The number of amides is 1. The molecule has 3 aliphatic rings. The van der Waals surface area contributed by atoms with Crippen LogP contribution in [0.25, 0.3) is 11.3 Å². The summed E-state index contributed by atoms with van der Waals surface area (Å²) in [6.07, 6.45) is 1.92. The molecule has 7 heteroatoms. The molecular formula is C23H32N4O3. The summed E-state index contributed by atoms with van der Waals surface area (Å²) < 4.78 is 12.8. The van der Waals surface area contributed by atoms with Crippen LogP contribution in [0, 0.1) is 5.92 Å². The highest BCUT2D eigenvalue weighted by molar-refractivity contribution is 5.67. The smallest absolute Gasteiger partial charge is 0.407 e. The molecule has 3 fully saturated rings. The number of methoxy groups -OCH3 is 1. The van der Waals surface area contributed by atoms with Gasteiger partial charge < -0.3 is 14.8 Å². The third kappa shape index (κ3) is 4.31. The zero-order chi connectivity index (χ0) is 21.3. The van der Waals surface area contributed by atoms with E-state index in [4.69, 9.17) is 14.6 Å². The van der Waals surface area contributed by atoms with E-state index in [9.17, 15) is 4.79 Å². The lowest BCUT2D eigenvalue weighted by molar-refractivity contribution is -0.00441. The molecule has 0 saturated carbocycles. The summed E-state index contributed by atoms with van der Waals surface area (Å²) in [5.74, 6) is 1.91. The minimum absolute atomic E-state index is 0.0923. The zero-order valence-electron chi connectivity index (χ0n) is 18.3. The molecule has 30 heavy (non-hydrogen) atoms. The summed E-state index contributed by atoms with van der Waals surface area (Å²) in [6, 6.07) is 10.7. The molecule has 0 aliphatic carbocycles. The number of rotatable bonds is 6. The van der Waals surface area contributed by atoms with Gasteiger partial charge in [-0.25, -0.2) is 4.79 Å². The van der Waals surface area contributed by atoms with Gasteiger partial charge in [0.15, 0.2) is 0 Å². The van der Waals surface area contributed by atoms with Crippen molar-refractivity contribution in [2.45, 2.75) is 44.7 Å². The van der Waals surface area contributed by atoms with E-state index in [1.54, 1.807) is 7.11 Å². The van der Waals surface area contributed by atoms with Crippen LogP contribution >= 0.6 is 0 Å². The lowest BCUT2D eigenvalue weighted by Gasteiger charge is -2.49. The molecule has 4 atom stereocenters. The van der Waals surface area contributed by atoms with Crippen LogP contribution in [0.2, 0.25) is 0 Å². The van der Waals surface area contributed by atoms with Crippen LogP contribution < -0.4 is 10.1 Å². The Hall–Kier alpha value is -2.54. The molecule has 4 heterocycles. The number of hydrogen-bond acceptors (Lipinski definition) is 5. The Bertz CT molecular complexity index is 877. The third-order valence-corrected chi connectivity index (χ3v) is 6.37. The van der Waals surface area contributed by atoms with E-state index in [1.165, 1.54) is 12.1 Å². The standard InChI is InChI=1S/C23H32N4O3/c1-15(2)24-23(28)30-14-18-11-17-9-10-27(18)13-20(17)22-12-21(25-26(22)3)16-5-7-19(29-4)8-6-16/h5-8,12,15,17-18,20H,9-11,13-14H2,1-4H3,(H,24,28). The Morgan fingerprint density at radius 3 is 2.70 bits per heavy atom. The Balaban J connectivity index is 1.43. The van der Waals surface area contributed by atoms with Crippen molar-refractivity contribution < 1.29 is 14.3 Å². The molecule has 162 valence electrons. The molecule has 1 N–H and O–H groups in total. The summed E-state index contributed by atoms with van der Waals surface area (Å²) in [5, 5.41) is 7.58. The van der Waals surface area contributed by atoms with Gasteiger partial charge in [0.2, 0.25) is 0 Å². The van der Waals surface area contributed by atoms with Crippen LogP contribution in [0.5, 0.6) is 5.75 Å². The van der Waals surface area contributed by atoms with E-state index in [0.717, 1.165) is 36.5 Å². The predicted molar refractivity (Wildman–Crippen MR) is 116 cm³/mol. The maximum Gasteiger partial charge on any atom is 0.407 e. The van der Waals surface area contributed by atoms with Crippen LogP contribution in [0.1, 0.15) is 38.3 Å². The van der Waals surface area contributed by atoms with E-state index in [0.29, 0.717) is 24.5 Å². The first-order valence-corrected chi connectivity index (χ1v) is 10.8. The minimum Gasteiger partial charge on any atom is -0.497 e. The number of alkyl carbamates (subject to hydrolysis) is 1. The van der Waals surface area contributed by atoms with Gasteiger partial charge in [0, 0.05) is 42.9 Å². The summed E-state index contributed by atoms with van der Waals surface area (Å²) in [7, 11) is 3.72. The van der Waals surface area contributed by atoms with Gasteiger partial charge in [0.05, 0.1) is 12.8 Å². The molecule has 1 aromatic heterocycles. The van der Waals surface area contributed by atoms with E-state index < -0.39 is 0 Å². The lowest BCUT2D eigenvalue weighted by atomic mass is 9.74. The van der Waals surface area contributed by atoms with Crippen molar-refractivity contribution >= 4 is 6.09 Å². The van der Waals surface area contributed by atoms with Crippen molar-refractivity contribution in [1.82, 2.24) is 20.0 Å². The highest BCUT2D eigenvalue weighted by atomic mass is 16.5. The number of nitrogens with zero attached hydrogens (tertiary/aromatic N) is 3. The van der Waals surface area contributed by atoms with Gasteiger partial charge in [-0.15, -0.1) is 0 Å². The monoisotopic (exact) mass is 412 g/mol. The van der Waals surface area contributed by atoms with Crippen LogP contribution in [-0.4, -0.2) is 59.7 Å². The highest BCUT2D eigenvalue weighted by Crippen LogP contribution is 2.42. The Morgan fingerprint density at radius 1 is 1.30 bits per heavy atom. The number of hydrogen-bond donors (Lipinski definition) is 1. The molecule has 0 spiro atoms. The molecular weight excluding hydrogens is 380 g/mol. The predicted octanol–water partition coefficient (Wildman–Crippen LogP) is 3.41. The second-order valence-electron chi connectivity index (χ2n) is 8.74. The van der Waals surface area contributed by atoms with Crippen LogP contribution in [0.15, 0.2) is 30.3 Å². The molecule has 2 bridgehead atoms. The third-order valence-electron chi connectivity index (χ3n) is 6.37. The van der Waals surface area contributed by atoms with E-state index in [-0.39, 0.29) is 12.1 Å². The molecule has 0 radical (unpaired) electrons. The summed E-state index contributed by atoms with van der Waals surface area (Å²) >= 11 is 0. The van der Waals surface area contributed by atoms with E-state index in [1.807, 2.05) is 37.7 Å². The SMILES string of the molecule is COc1ccc(-c2cc(C3CN4CCC3CC4COC(=O)NC(C)C)n(C)n2)cc1. The fourth-order valence-electron chi connectivity index (χ4n) is 4.83. The maximum atomic E-state index is 11.8. The first-order chi connectivity index (χ1) is 14.4. The topological polar surface area (TPSA) is 68.6 Å². The Kier molecular flexibility index (Phi) is 5.99. The number of fused-ring (bicyclic) bond motifs is 3. The highest BCUT2D eigenvalue weighted by Gasteiger charge is 2.42. The largest absolute Gasteiger partial charge is 0.497 e. The lowest BCUT2D eigenvalue weighted by Crippen LogP contribution is -2.54. The van der Waals surface area contributed by atoms with Crippen molar-refractivity contribution in [3.05, 3.63) is 36.0 Å². The van der Waals surface area contributed by atoms with Crippen molar-refractivity contribution in [1.29, 1.82) is 0 Å².